The topological polar surface area (TPSA) is 133 Å². The average molecular weight is 495 g/mol. The normalized spacial score (nSPS) is 11.8. The molecule has 3 N–H and O–H groups in total. The number of carboxylic acid groups (broad SMARTS) is 2. The van der Waals surface area contributed by atoms with Crippen molar-refractivity contribution in [3.8, 4) is 0 Å². The first-order valence-electron chi connectivity index (χ1n) is 11.2. The number of carbonyl (C=O) groups excluding carboxylic acids is 1. The summed E-state index contributed by atoms with van der Waals surface area (Å²) in [6.07, 6.45) is 2.70. The van der Waals surface area contributed by atoms with Gasteiger partial charge < -0.3 is 15.5 Å². The number of halogens is 1. The van der Waals surface area contributed by atoms with Gasteiger partial charge in [-0.05, 0) is 55.2 Å². The van der Waals surface area contributed by atoms with Gasteiger partial charge in [-0.1, -0.05) is 24.3 Å². The van der Waals surface area contributed by atoms with Crippen LogP contribution in [0.1, 0.15) is 61.6 Å². The van der Waals surface area contributed by atoms with E-state index in [1.165, 1.54) is 24.7 Å². The minimum absolute atomic E-state index is 0.0620. The molecule has 3 rings (SSSR count). The van der Waals surface area contributed by atoms with Gasteiger partial charge in [0.2, 0.25) is 0 Å². The second-order valence-electron chi connectivity index (χ2n) is 8.52. The maximum Gasteiger partial charge on any atom is 0.335 e. The molecule has 0 saturated heterocycles. The number of nitrogens with one attached hydrogen (secondary N) is 1. The zero-order valence-corrected chi connectivity index (χ0v) is 20.2. The molecule has 2 aromatic carbocycles. The number of amides is 1. The quantitative estimate of drug-likeness (QED) is 0.390. The number of rotatable bonds is 10. The van der Waals surface area contributed by atoms with Crippen LogP contribution in [0.4, 0.5) is 4.39 Å². The van der Waals surface area contributed by atoms with E-state index < -0.39 is 23.9 Å². The van der Waals surface area contributed by atoms with E-state index in [1.807, 2.05) is 0 Å². The Morgan fingerprint density at radius 2 is 1.83 bits per heavy atom. The standard InChI is InChI=1S/C26H27FN4O5/c1-15-9-19(5-6-21(15)26(35)36)17(3)31(13-23(32)33)12-20-11-28-14-30-24(20)25(34)29-10-18-4-7-22(27)16(2)8-18/h4-9,11,14,17H,10,12-13H2,1-3H3,(H,29,34)(H,32,33)(H,35,36)/t17-/m0/s1. The second kappa shape index (κ2) is 11.5. The summed E-state index contributed by atoms with van der Waals surface area (Å²) >= 11 is 0. The first-order chi connectivity index (χ1) is 17.1. The zero-order valence-electron chi connectivity index (χ0n) is 20.2. The van der Waals surface area contributed by atoms with Crippen molar-refractivity contribution in [2.75, 3.05) is 6.54 Å². The predicted molar refractivity (Wildman–Crippen MR) is 129 cm³/mol. The zero-order chi connectivity index (χ0) is 26.4. The molecule has 0 aliphatic carbocycles. The highest BCUT2D eigenvalue weighted by atomic mass is 19.1. The molecule has 0 aliphatic heterocycles. The summed E-state index contributed by atoms with van der Waals surface area (Å²) in [4.78, 5) is 45.6. The van der Waals surface area contributed by atoms with Crippen LogP contribution in [0, 0.1) is 19.7 Å². The number of aromatic carboxylic acids is 1. The summed E-state index contributed by atoms with van der Waals surface area (Å²) in [7, 11) is 0. The van der Waals surface area contributed by atoms with Crippen LogP contribution < -0.4 is 5.32 Å². The summed E-state index contributed by atoms with van der Waals surface area (Å²) in [6, 6.07) is 8.99. The highest BCUT2D eigenvalue weighted by Crippen LogP contribution is 2.25. The fraction of sp³-hybridized carbons (Fsp3) is 0.269. The van der Waals surface area contributed by atoms with E-state index in [0.717, 1.165) is 11.1 Å². The van der Waals surface area contributed by atoms with Crippen LogP contribution in [0.5, 0.6) is 0 Å². The molecule has 1 atom stereocenters. The van der Waals surface area contributed by atoms with Crippen molar-refractivity contribution in [1.82, 2.24) is 20.2 Å². The van der Waals surface area contributed by atoms with E-state index in [-0.39, 0.29) is 36.7 Å². The maximum atomic E-state index is 13.5. The van der Waals surface area contributed by atoms with E-state index in [9.17, 15) is 29.0 Å². The van der Waals surface area contributed by atoms with Crippen LogP contribution >= 0.6 is 0 Å². The lowest BCUT2D eigenvalue weighted by atomic mass is 9.99. The summed E-state index contributed by atoms with van der Waals surface area (Å²) in [6.45, 7) is 5.01. The first-order valence-corrected chi connectivity index (χ1v) is 11.2. The van der Waals surface area contributed by atoms with Gasteiger partial charge in [-0.3, -0.25) is 14.5 Å². The van der Waals surface area contributed by atoms with Gasteiger partial charge in [0, 0.05) is 30.9 Å². The molecule has 0 unspecified atom stereocenters. The smallest absolute Gasteiger partial charge is 0.335 e. The Bertz CT molecular complexity index is 1300. The molecule has 1 heterocycles. The largest absolute Gasteiger partial charge is 0.480 e. The molecule has 0 saturated carbocycles. The van der Waals surface area contributed by atoms with Gasteiger partial charge in [0.1, 0.15) is 17.8 Å². The Hall–Kier alpha value is -4.18. The third-order valence-electron chi connectivity index (χ3n) is 5.90. The molecule has 0 fully saturated rings. The maximum absolute atomic E-state index is 13.5. The number of carbonyl (C=O) groups is 3. The minimum atomic E-state index is -1.06. The molecule has 0 aliphatic rings. The number of carboxylic acids is 2. The summed E-state index contributed by atoms with van der Waals surface area (Å²) < 4.78 is 13.5. The number of nitrogens with zero attached hydrogens (tertiary/aromatic N) is 3. The van der Waals surface area contributed by atoms with E-state index >= 15 is 0 Å². The molecule has 1 aromatic heterocycles. The fourth-order valence-corrected chi connectivity index (χ4v) is 3.88. The molecule has 188 valence electrons. The van der Waals surface area contributed by atoms with E-state index in [1.54, 1.807) is 49.9 Å². The van der Waals surface area contributed by atoms with Crippen molar-refractivity contribution < 1.29 is 29.0 Å². The van der Waals surface area contributed by atoms with E-state index in [0.29, 0.717) is 16.7 Å². The molecule has 1 amide bonds. The minimum Gasteiger partial charge on any atom is -0.480 e. The number of hydrogen-bond donors (Lipinski definition) is 3. The molecule has 3 aromatic rings. The SMILES string of the molecule is Cc1cc(CNC(=O)c2ncncc2CN(CC(=O)O)[C@@H](C)c2ccc(C(=O)O)c(C)c2)ccc1F. The number of benzene rings is 2. The Kier molecular flexibility index (Phi) is 8.44. The van der Waals surface area contributed by atoms with Crippen molar-refractivity contribution in [3.05, 3.63) is 93.8 Å². The van der Waals surface area contributed by atoms with Crippen LogP contribution in [0.3, 0.4) is 0 Å². The van der Waals surface area contributed by atoms with Gasteiger partial charge in [0.05, 0.1) is 12.1 Å². The Labute approximate surface area is 207 Å². The van der Waals surface area contributed by atoms with Crippen molar-refractivity contribution in [2.24, 2.45) is 0 Å². The van der Waals surface area contributed by atoms with Gasteiger partial charge in [-0.15, -0.1) is 0 Å². The second-order valence-corrected chi connectivity index (χ2v) is 8.52. The molecule has 0 spiro atoms. The lowest BCUT2D eigenvalue weighted by Crippen LogP contribution is -2.33. The molecule has 9 nitrogen and oxygen atoms in total. The fourth-order valence-electron chi connectivity index (χ4n) is 3.88. The molecular weight excluding hydrogens is 467 g/mol. The third-order valence-corrected chi connectivity index (χ3v) is 5.90. The van der Waals surface area contributed by atoms with Gasteiger partial charge in [0.15, 0.2) is 0 Å². The number of aromatic nitrogens is 2. The summed E-state index contributed by atoms with van der Waals surface area (Å²) in [5, 5.41) is 21.5. The predicted octanol–water partition coefficient (Wildman–Crippen LogP) is 3.51. The molecular formula is C26H27FN4O5. The highest BCUT2D eigenvalue weighted by Gasteiger charge is 2.23. The Morgan fingerprint density at radius 3 is 2.47 bits per heavy atom. The summed E-state index contributed by atoms with van der Waals surface area (Å²) in [5.74, 6) is -2.90. The van der Waals surface area contributed by atoms with E-state index in [2.05, 4.69) is 15.3 Å². The number of aliphatic carboxylic acids is 1. The van der Waals surface area contributed by atoms with Crippen LogP contribution in [0.15, 0.2) is 48.9 Å². The van der Waals surface area contributed by atoms with Gasteiger partial charge in [-0.2, -0.15) is 0 Å². The Balaban J connectivity index is 1.82. The lowest BCUT2D eigenvalue weighted by molar-refractivity contribution is -0.139. The first kappa shape index (κ1) is 26.4. The molecule has 0 radical (unpaired) electrons. The van der Waals surface area contributed by atoms with Crippen molar-refractivity contribution >= 4 is 17.8 Å². The van der Waals surface area contributed by atoms with Gasteiger partial charge >= 0.3 is 11.9 Å². The Morgan fingerprint density at radius 1 is 1.08 bits per heavy atom. The van der Waals surface area contributed by atoms with Crippen LogP contribution in [-0.2, 0) is 17.9 Å². The van der Waals surface area contributed by atoms with Crippen molar-refractivity contribution in [2.45, 2.75) is 39.9 Å². The summed E-state index contributed by atoms with van der Waals surface area (Å²) in [5.41, 5.74) is 3.17. The van der Waals surface area contributed by atoms with Gasteiger partial charge in [0.25, 0.3) is 5.91 Å². The van der Waals surface area contributed by atoms with Crippen LogP contribution in [0.25, 0.3) is 0 Å². The average Bonchev–Trinajstić information content (AvgIpc) is 2.83. The van der Waals surface area contributed by atoms with Crippen LogP contribution in [-0.4, -0.2) is 49.5 Å². The molecule has 0 bridgehead atoms. The monoisotopic (exact) mass is 494 g/mol. The third kappa shape index (κ3) is 6.48. The van der Waals surface area contributed by atoms with Crippen LogP contribution in [0.2, 0.25) is 0 Å². The highest BCUT2D eigenvalue weighted by molar-refractivity contribution is 5.93. The number of aryl methyl sites for hydroxylation is 2. The van der Waals surface area contributed by atoms with E-state index in [4.69, 9.17) is 0 Å². The molecule has 36 heavy (non-hydrogen) atoms. The van der Waals surface area contributed by atoms with Crippen molar-refractivity contribution in [3.63, 3.8) is 0 Å². The van der Waals surface area contributed by atoms with Crippen molar-refractivity contribution in [1.29, 1.82) is 0 Å². The van der Waals surface area contributed by atoms with Gasteiger partial charge in [-0.25, -0.2) is 19.2 Å². The molecule has 10 heteroatoms. The lowest BCUT2D eigenvalue weighted by Gasteiger charge is -2.28. The number of hydrogen-bond acceptors (Lipinski definition) is 6.